The number of pyridine rings is 1. The molecule has 1 aromatic carbocycles. The minimum absolute atomic E-state index is 0.0561. The van der Waals surface area contributed by atoms with Crippen LogP contribution in [0.25, 0.3) is 10.6 Å². The Morgan fingerprint density at radius 2 is 2.00 bits per heavy atom. The van der Waals surface area contributed by atoms with Crippen molar-refractivity contribution >= 4 is 22.2 Å². The zero-order valence-corrected chi connectivity index (χ0v) is 12.9. The molecule has 0 spiro atoms. The van der Waals surface area contributed by atoms with Crippen LogP contribution in [0.4, 0.5) is 5.00 Å². The van der Waals surface area contributed by atoms with Gasteiger partial charge in [0.05, 0.1) is 12.1 Å². The molecule has 3 aromatic rings. The number of carbonyl (C=O) groups excluding carboxylic acids is 1. The molecule has 0 unspecified atom stereocenters. The summed E-state index contributed by atoms with van der Waals surface area (Å²) in [4.78, 5) is 20.7. The zero-order valence-electron chi connectivity index (χ0n) is 12.1. The van der Waals surface area contributed by atoms with E-state index >= 15 is 0 Å². The van der Waals surface area contributed by atoms with E-state index in [0.717, 1.165) is 26.8 Å². The molecule has 3 rings (SSSR count). The first-order valence-corrected chi connectivity index (χ1v) is 7.75. The topological polar surface area (TPSA) is 54.9 Å². The van der Waals surface area contributed by atoms with E-state index in [9.17, 15) is 4.79 Å². The van der Waals surface area contributed by atoms with E-state index in [0.29, 0.717) is 6.42 Å². The second-order valence-electron chi connectivity index (χ2n) is 4.89. The van der Waals surface area contributed by atoms with Gasteiger partial charge in [-0.05, 0) is 18.6 Å². The number of amides is 1. The van der Waals surface area contributed by atoms with Gasteiger partial charge in [-0.3, -0.25) is 9.78 Å². The summed E-state index contributed by atoms with van der Waals surface area (Å²) >= 11 is 1.49. The van der Waals surface area contributed by atoms with Gasteiger partial charge in [0.15, 0.2) is 0 Å². The molecule has 0 fully saturated rings. The number of hydrogen-bond donors (Lipinski definition) is 1. The summed E-state index contributed by atoms with van der Waals surface area (Å²) in [5, 5.41) is 4.65. The minimum atomic E-state index is -0.0561. The molecule has 0 radical (unpaired) electrons. The molecule has 0 bridgehead atoms. The molecule has 22 heavy (non-hydrogen) atoms. The van der Waals surface area contributed by atoms with E-state index in [-0.39, 0.29) is 5.91 Å². The van der Waals surface area contributed by atoms with Crippen LogP contribution >= 0.6 is 11.3 Å². The third-order valence-corrected chi connectivity index (χ3v) is 4.28. The molecule has 0 saturated heterocycles. The average molecular weight is 309 g/mol. The van der Waals surface area contributed by atoms with Gasteiger partial charge in [0.1, 0.15) is 10.0 Å². The lowest BCUT2D eigenvalue weighted by atomic mass is 10.2. The summed E-state index contributed by atoms with van der Waals surface area (Å²) < 4.78 is 0. The van der Waals surface area contributed by atoms with Gasteiger partial charge in [-0.15, -0.1) is 0 Å². The fourth-order valence-electron chi connectivity index (χ4n) is 2.08. The number of nitrogens with one attached hydrogen (secondary N) is 1. The van der Waals surface area contributed by atoms with E-state index < -0.39 is 0 Å². The van der Waals surface area contributed by atoms with Crippen LogP contribution in [0.15, 0.2) is 54.9 Å². The number of rotatable bonds is 4. The van der Waals surface area contributed by atoms with Crippen LogP contribution in [0.2, 0.25) is 0 Å². The average Bonchev–Trinajstić information content (AvgIpc) is 2.90. The molecule has 2 heterocycles. The predicted octanol–water partition coefficient (Wildman–Crippen LogP) is 3.69. The fraction of sp³-hybridized carbons (Fsp3) is 0.118. The van der Waals surface area contributed by atoms with Crippen molar-refractivity contribution in [2.24, 2.45) is 0 Å². The van der Waals surface area contributed by atoms with Crippen LogP contribution < -0.4 is 5.32 Å². The first kappa shape index (κ1) is 14.4. The number of hydrogen-bond acceptors (Lipinski definition) is 4. The standard InChI is InChI=1S/C17H15N3OS/c1-12-16(20-15(21)10-13-6-5-9-18-11-13)22-17(19-12)14-7-3-2-4-8-14/h2-9,11H,10H2,1H3,(H,20,21). The Balaban J connectivity index is 1.73. The van der Waals surface area contributed by atoms with Crippen molar-refractivity contribution in [3.63, 3.8) is 0 Å². The van der Waals surface area contributed by atoms with E-state index in [1.807, 2.05) is 49.4 Å². The van der Waals surface area contributed by atoms with Gasteiger partial charge in [-0.1, -0.05) is 47.7 Å². The van der Waals surface area contributed by atoms with E-state index in [1.165, 1.54) is 11.3 Å². The van der Waals surface area contributed by atoms with Gasteiger partial charge in [0.2, 0.25) is 5.91 Å². The number of nitrogens with zero attached hydrogens (tertiary/aromatic N) is 2. The summed E-state index contributed by atoms with van der Waals surface area (Å²) in [7, 11) is 0. The summed E-state index contributed by atoms with van der Waals surface area (Å²) in [6.07, 6.45) is 3.71. The first-order chi connectivity index (χ1) is 10.7. The van der Waals surface area contributed by atoms with Crippen molar-refractivity contribution in [1.82, 2.24) is 9.97 Å². The maximum atomic E-state index is 12.1. The molecule has 0 saturated carbocycles. The second-order valence-corrected chi connectivity index (χ2v) is 5.88. The molecule has 0 aliphatic carbocycles. The predicted molar refractivity (Wildman–Crippen MR) is 88.9 cm³/mol. The minimum Gasteiger partial charge on any atom is -0.316 e. The number of aromatic nitrogens is 2. The van der Waals surface area contributed by atoms with Gasteiger partial charge < -0.3 is 5.32 Å². The molecule has 1 N–H and O–H groups in total. The van der Waals surface area contributed by atoms with Gasteiger partial charge in [-0.25, -0.2) is 4.98 Å². The second kappa shape index (κ2) is 6.49. The largest absolute Gasteiger partial charge is 0.316 e. The molecular formula is C17H15N3OS. The van der Waals surface area contributed by atoms with Gasteiger partial charge in [0, 0.05) is 18.0 Å². The summed E-state index contributed by atoms with van der Waals surface area (Å²) in [6.45, 7) is 1.91. The van der Waals surface area contributed by atoms with Crippen LogP contribution in [0, 0.1) is 6.92 Å². The zero-order chi connectivity index (χ0) is 15.4. The highest BCUT2D eigenvalue weighted by Gasteiger charge is 2.12. The van der Waals surface area contributed by atoms with Gasteiger partial charge >= 0.3 is 0 Å². The highest BCUT2D eigenvalue weighted by atomic mass is 32.1. The SMILES string of the molecule is Cc1nc(-c2ccccc2)sc1NC(=O)Cc1cccnc1. The Morgan fingerprint density at radius 3 is 2.73 bits per heavy atom. The number of anilines is 1. The van der Waals surface area contributed by atoms with Crippen molar-refractivity contribution in [2.75, 3.05) is 5.32 Å². The van der Waals surface area contributed by atoms with Crippen LogP contribution in [0.1, 0.15) is 11.3 Å². The lowest BCUT2D eigenvalue weighted by molar-refractivity contribution is -0.115. The Hall–Kier alpha value is -2.53. The van der Waals surface area contributed by atoms with E-state index in [2.05, 4.69) is 15.3 Å². The lowest BCUT2D eigenvalue weighted by Crippen LogP contribution is -2.14. The van der Waals surface area contributed by atoms with Crippen LogP contribution in [0.5, 0.6) is 0 Å². The lowest BCUT2D eigenvalue weighted by Gasteiger charge is -2.02. The van der Waals surface area contributed by atoms with Gasteiger partial charge in [0.25, 0.3) is 0 Å². The Kier molecular flexibility index (Phi) is 4.25. The molecule has 0 atom stereocenters. The number of aryl methyl sites for hydroxylation is 1. The number of benzene rings is 1. The van der Waals surface area contributed by atoms with Crippen LogP contribution in [-0.4, -0.2) is 15.9 Å². The van der Waals surface area contributed by atoms with Crippen molar-refractivity contribution < 1.29 is 4.79 Å². The van der Waals surface area contributed by atoms with Crippen molar-refractivity contribution in [3.05, 3.63) is 66.1 Å². The Bertz CT molecular complexity index is 769. The third-order valence-electron chi connectivity index (χ3n) is 3.16. The van der Waals surface area contributed by atoms with E-state index in [4.69, 9.17) is 0 Å². The van der Waals surface area contributed by atoms with E-state index in [1.54, 1.807) is 12.4 Å². The van der Waals surface area contributed by atoms with Crippen molar-refractivity contribution in [2.45, 2.75) is 13.3 Å². The normalized spacial score (nSPS) is 10.4. The van der Waals surface area contributed by atoms with Gasteiger partial charge in [-0.2, -0.15) is 0 Å². The molecule has 0 aliphatic rings. The molecule has 5 heteroatoms. The highest BCUT2D eigenvalue weighted by Crippen LogP contribution is 2.31. The summed E-state index contributed by atoms with van der Waals surface area (Å²) in [5.41, 5.74) is 2.79. The monoisotopic (exact) mass is 309 g/mol. The highest BCUT2D eigenvalue weighted by molar-refractivity contribution is 7.19. The smallest absolute Gasteiger partial charge is 0.229 e. The number of carbonyl (C=O) groups is 1. The summed E-state index contributed by atoms with van der Waals surface area (Å²) in [6, 6.07) is 13.7. The Labute approximate surface area is 132 Å². The molecule has 0 aliphatic heterocycles. The quantitative estimate of drug-likeness (QED) is 0.799. The fourth-order valence-corrected chi connectivity index (χ4v) is 3.06. The van der Waals surface area contributed by atoms with Crippen molar-refractivity contribution in [1.29, 1.82) is 0 Å². The Morgan fingerprint density at radius 1 is 1.18 bits per heavy atom. The molecule has 2 aromatic heterocycles. The van der Waals surface area contributed by atoms with Crippen LogP contribution in [-0.2, 0) is 11.2 Å². The molecular weight excluding hydrogens is 294 g/mol. The van der Waals surface area contributed by atoms with Crippen LogP contribution in [0.3, 0.4) is 0 Å². The van der Waals surface area contributed by atoms with Crippen molar-refractivity contribution in [3.8, 4) is 10.6 Å². The maximum Gasteiger partial charge on any atom is 0.229 e. The first-order valence-electron chi connectivity index (χ1n) is 6.94. The third kappa shape index (κ3) is 3.38. The summed E-state index contributed by atoms with van der Waals surface area (Å²) in [5.74, 6) is -0.0561. The molecule has 110 valence electrons. The number of thiazole rings is 1. The molecule has 4 nitrogen and oxygen atoms in total. The molecule has 1 amide bonds. The maximum absolute atomic E-state index is 12.1.